The zero-order chi connectivity index (χ0) is 16.2. The molecule has 9 heteroatoms. The molecule has 2 amide bonds. The molecule has 0 bridgehead atoms. The smallest absolute Gasteiger partial charge is 0.282 e. The van der Waals surface area contributed by atoms with E-state index >= 15 is 0 Å². The second-order valence-electron chi connectivity index (χ2n) is 4.89. The Morgan fingerprint density at radius 1 is 1.41 bits per heavy atom. The van der Waals surface area contributed by atoms with Crippen molar-refractivity contribution in [1.29, 1.82) is 0 Å². The molecule has 1 aromatic rings. The number of anilines is 1. The molecule has 22 heavy (non-hydrogen) atoms. The number of carbonyl (C=O) groups excluding carboxylic acids is 2. The SMILES string of the molecule is CS(=O)(=O)Nc1cccc(CNC(=O)CN2CCSC2=O)c1. The molecule has 0 unspecified atom stereocenters. The van der Waals surface area contributed by atoms with Crippen molar-refractivity contribution in [3.05, 3.63) is 29.8 Å². The van der Waals surface area contributed by atoms with Crippen LogP contribution in [0.4, 0.5) is 10.5 Å². The van der Waals surface area contributed by atoms with Crippen molar-refractivity contribution in [2.45, 2.75) is 6.54 Å². The van der Waals surface area contributed by atoms with Gasteiger partial charge in [-0.05, 0) is 17.7 Å². The van der Waals surface area contributed by atoms with Crippen molar-refractivity contribution < 1.29 is 18.0 Å². The first-order chi connectivity index (χ1) is 10.3. The Balaban J connectivity index is 1.87. The van der Waals surface area contributed by atoms with Crippen LogP contribution in [0.25, 0.3) is 0 Å². The van der Waals surface area contributed by atoms with Crippen LogP contribution < -0.4 is 10.0 Å². The lowest BCUT2D eigenvalue weighted by molar-refractivity contribution is -0.121. The Hall–Kier alpha value is -1.74. The predicted molar refractivity (Wildman–Crippen MR) is 86.2 cm³/mol. The summed E-state index contributed by atoms with van der Waals surface area (Å²) in [7, 11) is -3.33. The van der Waals surface area contributed by atoms with Crippen molar-refractivity contribution in [3.8, 4) is 0 Å². The van der Waals surface area contributed by atoms with Crippen LogP contribution >= 0.6 is 11.8 Å². The third kappa shape index (κ3) is 5.23. The van der Waals surface area contributed by atoms with E-state index in [0.717, 1.165) is 11.8 Å². The average Bonchev–Trinajstić information content (AvgIpc) is 2.80. The van der Waals surface area contributed by atoms with Crippen molar-refractivity contribution in [3.63, 3.8) is 0 Å². The Labute approximate surface area is 133 Å². The summed E-state index contributed by atoms with van der Waals surface area (Å²) in [6, 6.07) is 6.77. The first-order valence-electron chi connectivity index (χ1n) is 6.58. The number of benzene rings is 1. The van der Waals surface area contributed by atoms with E-state index in [1.807, 2.05) is 0 Å². The third-order valence-corrected chi connectivity index (χ3v) is 4.40. The number of amides is 2. The van der Waals surface area contributed by atoms with Crippen molar-refractivity contribution in [2.75, 3.05) is 29.8 Å². The van der Waals surface area contributed by atoms with Gasteiger partial charge in [0.15, 0.2) is 0 Å². The van der Waals surface area contributed by atoms with Gasteiger partial charge in [-0.15, -0.1) is 0 Å². The summed E-state index contributed by atoms with van der Waals surface area (Å²) < 4.78 is 24.7. The number of hydrogen-bond acceptors (Lipinski definition) is 5. The molecular weight excluding hydrogens is 326 g/mol. The molecule has 120 valence electrons. The quantitative estimate of drug-likeness (QED) is 0.798. The third-order valence-electron chi connectivity index (χ3n) is 2.90. The topological polar surface area (TPSA) is 95.6 Å². The molecule has 1 aliphatic heterocycles. The van der Waals surface area contributed by atoms with Crippen molar-refractivity contribution >= 4 is 38.6 Å². The minimum absolute atomic E-state index is 0.0487. The lowest BCUT2D eigenvalue weighted by atomic mass is 10.2. The first kappa shape index (κ1) is 16.6. The molecule has 0 saturated carbocycles. The summed E-state index contributed by atoms with van der Waals surface area (Å²) in [6.45, 7) is 0.908. The average molecular weight is 343 g/mol. The fourth-order valence-electron chi connectivity index (χ4n) is 1.96. The number of carbonyl (C=O) groups is 2. The second kappa shape index (κ2) is 7.01. The van der Waals surface area contributed by atoms with Gasteiger partial charge in [-0.2, -0.15) is 0 Å². The van der Waals surface area contributed by atoms with Crippen molar-refractivity contribution in [2.24, 2.45) is 0 Å². The fourth-order valence-corrected chi connectivity index (χ4v) is 3.34. The molecule has 0 radical (unpaired) electrons. The highest BCUT2D eigenvalue weighted by molar-refractivity contribution is 8.13. The molecule has 0 spiro atoms. The number of nitrogens with zero attached hydrogens (tertiary/aromatic N) is 1. The largest absolute Gasteiger partial charge is 0.350 e. The van der Waals surface area contributed by atoms with Crippen LogP contribution in [-0.2, 0) is 21.4 Å². The minimum atomic E-state index is -3.33. The molecule has 2 N–H and O–H groups in total. The van der Waals surface area contributed by atoms with Gasteiger partial charge in [0, 0.05) is 24.5 Å². The summed E-state index contributed by atoms with van der Waals surface area (Å²) in [6.07, 6.45) is 1.08. The summed E-state index contributed by atoms with van der Waals surface area (Å²) >= 11 is 1.21. The number of sulfonamides is 1. The highest BCUT2D eigenvalue weighted by Gasteiger charge is 2.22. The molecule has 1 heterocycles. The van der Waals surface area contributed by atoms with E-state index in [1.165, 1.54) is 16.7 Å². The fraction of sp³-hybridized carbons (Fsp3) is 0.385. The minimum Gasteiger partial charge on any atom is -0.350 e. The number of rotatable bonds is 6. The highest BCUT2D eigenvalue weighted by atomic mass is 32.2. The van der Waals surface area contributed by atoms with E-state index in [-0.39, 0.29) is 24.2 Å². The molecular formula is C13H17N3O4S2. The standard InChI is InChI=1S/C13H17N3O4S2/c1-22(19,20)15-11-4-2-3-10(7-11)8-14-12(17)9-16-5-6-21-13(16)18/h2-4,7,15H,5-6,8-9H2,1H3,(H,14,17). The lowest BCUT2D eigenvalue weighted by Crippen LogP contribution is -2.36. The van der Waals surface area contributed by atoms with Gasteiger partial charge in [-0.1, -0.05) is 23.9 Å². The van der Waals surface area contributed by atoms with Gasteiger partial charge in [-0.3, -0.25) is 14.3 Å². The van der Waals surface area contributed by atoms with Gasteiger partial charge in [-0.25, -0.2) is 8.42 Å². The number of thioether (sulfide) groups is 1. The summed E-state index contributed by atoms with van der Waals surface area (Å²) in [5, 5.41) is 2.64. The molecule has 0 atom stereocenters. The maximum Gasteiger partial charge on any atom is 0.282 e. The summed E-state index contributed by atoms with van der Waals surface area (Å²) in [5.74, 6) is 0.475. The lowest BCUT2D eigenvalue weighted by Gasteiger charge is -2.14. The molecule has 1 saturated heterocycles. The normalized spacial score (nSPS) is 15.0. The van der Waals surface area contributed by atoms with Crippen LogP contribution in [0.2, 0.25) is 0 Å². The molecule has 1 aromatic carbocycles. The van der Waals surface area contributed by atoms with Gasteiger partial charge in [0.05, 0.1) is 6.26 Å². The van der Waals surface area contributed by atoms with Crippen LogP contribution in [0.5, 0.6) is 0 Å². The molecule has 0 aromatic heterocycles. The summed E-state index contributed by atoms with van der Waals surface area (Å²) in [5.41, 5.74) is 1.21. The monoisotopic (exact) mass is 343 g/mol. The molecule has 1 fully saturated rings. The molecule has 0 aliphatic carbocycles. The van der Waals surface area contributed by atoms with Crippen molar-refractivity contribution in [1.82, 2.24) is 10.2 Å². The van der Waals surface area contributed by atoms with Crippen LogP contribution in [0, 0.1) is 0 Å². The first-order valence-corrected chi connectivity index (χ1v) is 9.46. The zero-order valence-corrected chi connectivity index (χ0v) is 13.7. The summed E-state index contributed by atoms with van der Waals surface area (Å²) in [4.78, 5) is 24.7. The number of nitrogens with one attached hydrogen (secondary N) is 2. The Morgan fingerprint density at radius 3 is 2.82 bits per heavy atom. The van der Waals surface area contributed by atoms with Gasteiger partial charge in [0.1, 0.15) is 6.54 Å². The van der Waals surface area contributed by atoms with E-state index < -0.39 is 10.0 Å². The van der Waals surface area contributed by atoms with E-state index in [9.17, 15) is 18.0 Å². The van der Waals surface area contributed by atoms with Crippen LogP contribution in [-0.4, -0.2) is 49.6 Å². The van der Waals surface area contributed by atoms with E-state index in [1.54, 1.807) is 24.3 Å². The van der Waals surface area contributed by atoms with Gasteiger partial charge >= 0.3 is 0 Å². The van der Waals surface area contributed by atoms with Gasteiger partial charge in [0.2, 0.25) is 15.9 Å². The highest BCUT2D eigenvalue weighted by Crippen LogP contribution is 2.16. The van der Waals surface area contributed by atoms with Gasteiger partial charge in [0.25, 0.3) is 5.24 Å². The maximum absolute atomic E-state index is 11.8. The van der Waals surface area contributed by atoms with Crippen LogP contribution in [0.3, 0.4) is 0 Å². The van der Waals surface area contributed by atoms with Gasteiger partial charge < -0.3 is 10.2 Å². The van der Waals surface area contributed by atoms with Crippen LogP contribution in [0.15, 0.2) is 24.3 Å². The maximum atomic E-state index is 11.8. The van der Waals surface area contributed by atoms with Crippen LogP contribution in [0.1, 0.15) is 5.56 Å². The Morgan fingerprint density at radius 2 is 2.18 bits per heavy atom. The Kier molecular flexibility index (Phi) is 5.30. The zero-order valence-electron chi connectivity index (χ0n) is 12.0. The number of hydrogen-bond donors (Lipinski definition) is 2. The molecule has 2 rings (SSSR count). The predicted octanol–water partition coefficient (Wildman–Crippen LogP) is 0.843. The van der Waals surface area contributed by atoms with E-state index in [4.69, 9.17) is 0 Å². The molecule has 1 aliphatic rings. The Bertz CT molecular complexity index is 676. The van der Waals surface area contributed by atoms with E-state index in [2.05, 4.69) is 10.0 Å². The second-order valence-corrected chi connectivity index (χ2v) is 7.68. The van der Waals surface area contributed by atoms with E-state index in [0.29, 0.717) is 18.0 Å². The molecule has 7 nitrogen and oxygen atoms in total.